The molecule has 6 nitrogen and oxygen atoms in total. The van der Waals surface area contributed by atoms with Crippen molar-refractivity contribution in [2.75, 3.05) is 19.0 Å². The van der Waals surface area contributed by atoms with Gasteiger partial charge in [-0.15, -0.1) is 0 Å². The molecule has 0 saturated heterocycles. The molecular formula is C20H19FN4O2. The first-order valence-electron chi connectivity index (χ1n) is 8.81. The summed E-state index contributed by atoms with van der Waals surface area (Å²) < 4.78 is 17.9. The van der Waals surface area contributed by atoms with E-state index in [0.717, 1.165) is 24.0 Å². The molecule has 138 valence electrons. The minimum absolute atomic E-state index is 0.0478. The van der Waals surface area contributed by atoms with Gasteiger partial charge in [-0.3, -0.25) is 4.79 Å². The molecular weight excluding hydrogens is 347 g/mol. The second kappa shape index (κ2) is 7.19. The van der Waals surface area contributed by atoms with Crippen LogP contribution in [-0.4, -0.2) is 35.2 Å². The van der Waals surface area contributed by atoms with E-state index in [9.17, 15) is 9.18 Å². The summed E-state index contributed by atoms with van der Waals surface area (Å²) in [6.45, 7) is -0.712. The van der Waals surface area contributed by atoms with Crippen LogP contribution in [-0.2, 0) is 0 Å². The molecule has 1 aliphatic carbocycles. The number of anilines is 1. The van der Waals surface area contributed by atoms with Gasteiger partial charge in [-0.2, -0.15) is 4.98 Å². The normalized spacial score (nSPS) is 13.5. The second-order valence-electron chi connectivity index (χ2n) is 6.48. The highest BCUT2D eigenvalue weighted by Gasteiger charge is 2.23. The third-order valence-electron chi connectivity index (χ3n) is 4.39. The summed E-state index contributed by atoms with van der Waals surface area (Å²) in [7, 11) is 0. The van der Waals surface area contributed by atoms with Crippen molar-refractivity contribution in [2.45, 2.75) is 18.9 Å². The molecule has 27 heavy (non-hydrogen) atoms. The number of hydrogen-bond donors (Lipinski definition) is 2. The predicted molar refractivity (Wildman–Crippen MR) is 101 cm³/mol. The first-order chi connectivity index (χ1) is 13.1. The highest BCUT2D eigenvalue weighted by Crippen LogP contribution is 2.29. The number of hydrogen-bond acceptors (Lipinski definition) is 5. The molecule has 1 fully saturated rings. The lowest BCUT2D eigenvalue weighted by Gasteiger charge is -2.10. The number of nitrogens with zero attached hydrogens (tertiary/aromatic N) is 2. The van der Waals surface area contributed by atoms with Gasteiger partial charge in [0, 0.05) is 11.6 Å². The van der Waals surface area contributed by atoms with Gasteiger partial charge in [-0.25, -0.2) is 9.37 Å². The van der Waals surface area contributed by atoms with Gasteiger partial charge in [0.1, 0.15) is 13.3 Å². The zero-order valence-electron chi connectivity index (χ0n) is 14.6. The molecule has 0 radical (unpaired) electrons. The number of carbonyl (C=O) groups excluding carboxylic acids is 1. The number of nitrogen functional groups attached to an aromatic ring is 1. The molecule has 1 saturated carbocycles. The number of alkyl halides is 1. The highest BCUT2D eigenvalue weighted by atomic mass is 19.1. The summed E-state index contributed by atoms with van der Waals surface area (Å²) >= 11 is 0. The zero-order chi connectivity index (χ0) is 18.8. The Morgan fingerprint density at radius 2 is 1.89 bits per heavy atom. The van der Waals surface area contributed by atoms with Gasteiger partial charge in [0.15, 0.2) is 0 Å². The summed E-state index contributed by atoms with van der Waals surface area (Å²) in [5.74, 6) is 0.293. The van der Waals surface area contributed by atoms with Crippen LogP contribution in [0.1, 0.15) is 23.2 Å². The first-order valence-corrected chi connectivity index (χ1v) is 8.81. The van der Waals surface area contributed by atoms with Crippen LogP contribution in [0.2, 0.25) is 0 Å². The van der Waals surface area contributed by atoms with Gasteiger partial charge in [0.2, 0.25) is 11.8 Å². The van der Waals surface area contributed by atoms with E-state index >= 15 is 0 Å². The summed E-state index contributed by atoms with van der Waals surface area (Å²) in [6.07, 6.45) is 2.11. The van der Waals surface area contributed by atoms with Crippen molar-refractivity contribution >= 4 is 22.8 Å². The number of rotatable bonds is 6. The Bertz CT molecular complexity index is 987. The largest absolute Gasteiger partial charge is 0.474 e. The van der Waals surface area contributed by atoms with Crippen molar-refractivity contribution < 1.29 is 13.9 Å². The summed E-state index contributed by atoms with van der Waals surface area (Å²) in [4.78, 5) is 20.4. The lowest BCUT2D eigenvalue weighted by Crippen LogP contribution is -2.25. The summed E-state index contributed by atoms with van der Waals surface area (Å²) in [5.41, 5.74) is 8.81. The van der Waals surface area contributed by atoms with Gasteiger partial charge < -0.3 is 15.8 Å². The molecule has 1 heterocycles. The molecule has 4 rings (SSSR count). The van der Waals surface area contributed by atoms with E-state index in [1.54, 1.807) is 12.1 Å². The van der Waals surface area contributed by atoms with Crippen LogP contribution < -0.4 is 15.8 Å². The average Bonchev–Trinajstić information content (AvgIpc) is 3.50. The molecule has 7 heteroatoms. The maximum absolute atomic E-state index is 12.5. The number of carbonyl (C=O) groups is 1. The molecule has 1 aromatic heterocycles. The van der Waals surface area contributed by atoms with Crippen LogP contribution in [0.25, 0.3) is 22.0 Å². The van der Waals surface area contributed by atoms with Crippen molar-refractivity contribution in [2.24, 2.45) is 0 Å². The SMILES string of the molecule is Nc1nc(OCCF)c2cc(-c3ccc(C(=O)NC4CC4)cc3)ccc2n1. The van der Waals surface area contributed by atoms with E-state index in [1.807, 2.05) is 30.3 Å². The van der Waals surface area contributed by atoms with Gasteiger partial charge in [0.25, 0.3) is 5.91 Å². The quantitative estimate of drug-likeness (QED) is 0.700. The Hall–Kier alpha value is -3.22. The first kappa shape index (κ1) is 17.2. The standard InChI is InChI=1S/C20H19FN4O2/c21-9-10-27-19-16-11-14(5-8-17(16)24-20(22)25-19)12-1-3-13(4-2-12)18(26)23-15-6-7-15/h1-5,8,11,15H,6-7,9-10H2,(H,23,26)(H2,22,24,25). The molecule has 0 aliphatic heterocycles. The Kier molecular flexibility index (Phi) is 4.58. The van der Waals surface area contributed by atoms with Crippen molar-refractivity contribution in [3.8, 4) is 17.0 Å². The van der Waals surface area contributed by atoms with Crippen molar-refractivity contribution in [1.29, 1.82) is 0 Å². The van der Waals surface area contributed by atoms with E-state index in [1.165, 1.54) is 0 Å². The maximum atomic E-state index is 12.5. The Morgan fingerprint density at radius 3 is 2.59 bits per heavy atom. The molecule has 0 unspecified atom stereocenters. The number of fused-ring (bicyclic) bond motifs is 1. The Morgan fingerprint density at radius 1 is 1.15 bits per heavy atom. The highest BCUT2D eigenvalue weighted by molar-refractivity contribution is 5.95. The van der Waals surface area contributed by atoms with E-state index in [-0.39, 0.29) is 24.3 Å². The monoisotopic (exact) mass is 366 g/mol. The third-order valence-corrected chi connectivity index (χ3v) is 4.39. The number of nitrogens with two attached hydrogens (primary N) is 1. The van der Waals surface area contributed by atoms with E-state index in [4.69, 9.17) is 10.5 Å². The molecule has 0 atom stereocenters. The lowest BCUT2D eigenvalue weighted by molar-refractivity contribution is 0.0951. The minimum Gasteiger partial charge on any atom is -0.474 e. The van der Waals surface area contributed by atoms with Gasteiger partial charge in [-0.05, 0) is 48.2 Å². The maximum Gasteiger partial charge on any atom is 0.251 e. The van der Waals surface area contributed by atoms with Crippen LogP contribution in [0.3, 0.4) is 0 Å². The zero-order valence-corrected chi connectivity index (χ0v) is 14.6. The predicted octanol–water partition coefficient (Wildman–Crippen LogP) is 3.12. The number of aromatic nitrogens is 2. The molecule has 0 spiro atoms. The van der Waals surface area contributed by atoms with Crippen LogP contribution in [0, 0.1) is 0 Å². The summed E-state index contributed by atoms with van der Waals surface area (Å²) in [5, 5.41) is 3.63. The molecule has 1 amide bonds. The van der Waals surface area contributed by atoms with E-state index < -0.39 is 6.67 Å². The number of benzene rings is 2. The average molecular weight is 366 g/mol. The summed E-state index contributed by atoms with van der Waals surface area (Å²) in [6, 6.07) is 13.3. The van der Waals surface area contributed by atoms with Crippen LogP contribution in [0.5, 0.6) is 5.88 Å². The lowest BCUT2D eigenvalue weighted by atomic mass is 10.0. The molecule has 3 aromatic rings. The van der Waals surface area contributed by atoms with E-state index in [0.29, 0.717) is 22.5 Å². The Balaban J connectivity index is 1.64. The topological polar surface area (TPSA) is 90.1 Å². The molecule has 1 aliphatic rings. The molecule has 2 aromatic carbocycles. The molecule has 3 N–H and O–H groups in total. The fourth-order valence-electron chi connectivity index (χ4n) is 2.85. The van der Waals surface area contributed by atoms with Gasteiger partial charge in [0.05, 0.1) is 10.9 Å². The smallest absolute Gasteiger partial charge is 0.251 e. The number of nitrogens with one attached hydrogen (secondary N) is 1. The van der Waals surface area contributed by atoms with Crippen molar-refractivity contribution in [1.82, 2.24) is 15.3 Å². The van der Waals surface area contributed by atoms with Gasteiger partial charge in [-0.1, -0.05) is 18.2 Å². The third kappa shape index (κ3) is 3.81. The van der Waals surface area contributed by atoms with Crippen LogP contribution in [0.4, 0.5) is 10.3 Å². The van der Waals surface area contributed by atoms with E-state index in [2.05, 4.69) is 15.3 Å². The number of amides is 1. The van der Waals surface area contributed by atoms with Gasteiger partial charge >= 0.3 is 0 Å². The van der Waals surface area contributed by atoms with Crippen molar-refractivity contribution in [3.63, 3.8) is 0 Å². The minimum atomic E-state index is -0.616. The number of ether oxygens (including phenoxy) is 1. The fourth-order valence-corrected chi connectivity index (χ4v) is 2.85. The second-order valence-corrected chi connectivity index (χ2v) is 6.48. The van der Waals surface area contributed by atoms with Crippen molar-refractivity contribution in [3.05, 3.63) is 48.0 Å². The fraction of sp³-hybridized carbons (Fsp3) is 0.250. The van der Waals surface area contributed by atoms with Crippen LogP contribution in [0.15, 0.2) is 42.5 Å². The Labute approximate surface area is 155 Å². The molecule has 0 bridgehead atoms. The van der Waals surface area contributed by atoms with Crippen LogP contribution >= 0.6 is 0 Å². The number of halogens is 1.